The fourth-order valence-electron chi connectivity index (χ4n) is 4.11. The molecule has 0 radical (unpaired) electrons. The number of aliphatic hydroxyl groups excluding tert-OH is 1. The normalized spacial score (nSPS) is 16.5. The maximum absolute atomic E-state index is 12.9. The van der Waals surface area contributed by atoms with Crippen molar-refractivity contribution in [3.05, 3.63) is 69.8 Å². The van der Waals surface area contributed by atoms with E-state index in [0.717, 1.165) is 27.7 Å². The van der Waals surface area contributed by atoms with Crippen molar-refractivity contribution in [1.82, 2.24) is 15.2 Å². The van der Waals surface area contributed by atoms with E-state index in [9.17, 15) is 14.7 Å². The van der Waals surface area contributed by atoms with Gasteiger partial charge in [-0.25, -0.2) is 0 Å². The van der Waals surface area contributed by atoms with Crippen LogP contribution in [0.5, 0.6) is 0 Å². The first-order valence-electron chi connectivity index (χ1n) is 10.5. The first-order chi connectivity index (χ1) is 14.8. The van der Waals surface area contributed by atoms with Crippen LogP contribution in [0, 0.1) is 5.92 Å². The van der Waals surface area contributed by atoms with Gasteiger partial charge in [-0.3, -0.25) is 9.59 Å². The summed E-state index contributed by atoms with van der Waals surface area (Å²) in [4.78, 5) is 30.6. The number of amides is 2. The van der Waals surface area contributed by atoms with Crippen LogP contribution < -0.4 is 5.32 Å². The van der Waals surface area contributed by atoms with Gasteiger partial charge in [-0.2, -0.15) is 0 Å². The third kappa shape index (κ3) is 4.38. The van der Waals surface area contributed by atoms with Crippen LogP contribution >= 0.6 is 15.9 Å². The number of H-pyrrole nitrogens is 1. The molecule has 31 heavy (non-hydrogen) atoms. The second kappa shape index (κ2) is 8.85. The van der Waals surface area contributed by atoms with Gasteiger partial charge in [0.25, 0.3) is 5.91 Å². The minimum absolute atomic E-state index is 0.228. The Hall–Kier alpha value is -2.64. The Morgan fingerprint density at radius 3 is 2.58 bits per heavy atom. The Morgan fingerprint density at radius 2 is 1.84 bits per heavy atom. The number of carbonyl (C=O) groups is 2. The Balaban J connectivity index is 1.40. The summed E-state index contributed by atoms with van der Waals surface area (Å²) in [6.45, 7) is 4.40. The van der Waals surface area contributed by atoms with E-state index in [-0.39, 0.29) is 11.9 Å². The first kappa shape index (κ1) is 21.6. The number of aromatic amines is 1. The lowest BCUT2D eigenvalue weighted by atomic mass is 9.99. The summed E-state index contributed by atoms with van der Waals surface area (Å²) in [6, 6.07) is 15.5. The minimum Gasteiger partial charge on any atom is -0.382 e. The minimum atomic E-state index is -1.39. The van der Waals surface area contributed by atoms with E-state index in [0.29, 0.717) is 13.1 Å². The average molecular weight is 484 g/mol. The predicted molar refractivity (Wildman–Crippen MR) is 123 cm³/mol. The number of rotatable bonds is 5. The summed E-state index contributed by atoms with van der Waals surface area (Å²) in [7, 11) is 0. The zero-order valence-electron chi connectivity index (χ0n) is 17.6. The van der Waals surface area contributed by atoms with Gasteiger partial charge in [0.15, 0.2) is 0 Å². The Morgan fingerprint density at radius 1 is 1.13 bits per heavy atom. The SMILES string of the molecule is C[C@H](NC(=O)[C@H](C)[C@@H](O)C(=O)N1CCc2c([nH]c3ccccc23)C1)c1ccc(Br)cc1. The molecule has 6 nitrogen and oxygen atoms in total. The van der Waals surface area contributed by atoms with Gasteiger partial charge in [0, 0.05) is 27.6 Å². The maximum Gasteiger partial charge on any atom is 0.252 e. The van der Waals surface area contributed by atoms with Crippen molar-refractivity contribution in [1.29, 1.82) is 0 Å². The highest BCUT2D eigenvalue weighted by atomic mass is 79.9. The number of aliphatic hydroxyl groups is 1. The van der Waals surface area contributed by atoms with Crippen LogP contribution in [0.4, 0.5) is 0 Å². The van der Waals surface area contributed by atoms with Crippen LogP contribution in [0.1, 0.15) is 36.7 Å². The predicted octanol–water partition coefficient (Wildman–Crippen LogP) is 3.69. The van der Waals surface area contributed by atoms with Crippen molar-refractivity contribution in [3.8, 4) is 0 Å². The van der Waals surface area contributed by atoms with Crippen LogP contribution in [-0.4, -0.2) is 39.5 Å². The molecule has 7 heteroatoms. The lowest BCUT2D eigenvalue weighted by Crippen LogP contribution is -2.48. The number of fused-ring (bicyclic) bond motifs is 3. The monoisotopic (exact) mass is 483 g/mol. The van der Waals surface area contributed by atoms with Gasteiger partial charge in [-0.05, 0) is 42.7 Å². The molecule has 4 rings (SSSR count). The molecule has 2 amide bonds. The number of hydrogen-bond acceptors (Lipinski definition) is 3. The number of aromatic nitrogens is 1. The standard InChI is InChI=1S/C24H26BrN3O3/c1-14(23(30)26-15(2)16-7-9-17(25)10-8-16)22(29)24(31)28-12-11-19-18-5-3-4-6-20(18)27-21(19)13-28/h3-10,14-15,22,27,29H,11-13H2,1-2H3,(H,26,30)/t14-,15+,22-/m1/s1. The molecule has 0 aliphatic carbocycles. The molecule has 0 unspecified atom stereocenters. The molecule has 0 saturated heterocycles. The van der Waals surface area contributed by atoms with E-state index in [1.807, 2.05) is 49.4 Å². The average Bonchev–Trinajstić information content (AvgIpc) is 3.15. The van der Waals surface area contributed by atoms with E-state index < -0.39 is 17.9 Å². The number of para-hydroxylation sites is 1. The third-order valence-corrected chi connectivity index (χ3v) is 6.59. The van der Waals surface area contributed by atoms with Gasteiger partial charge in [0.05, 0.1) is 18.5 Å². The van der Waals surface area contributed by atoms with Crippen molar-refractivity contribution >= 4 is 38.6 Å². The quantitative estimate of drug-likeness (QED) is 0.517. The molecule has 2 heterocycles. The molecule has 0 bridgehead atoms. The van der Waals surface area contributed by atoms with E-state index in [1.54, 1.807) is 11.8 Å². The first-order valence-corrected chi connectivity index (χ1v) is 11.3. The summed E-state index contributed by atoms with van der Waals surface area (Å²) in [5.74, 6) is -1.61. The molecule has 1 aromatic heterocycles. The van der Waals surface area contributed by atoms with Crippen molar-refractivity contribution in [2.24, 2.45) is 5.92 Å². The number of hydrogen-bond donors (Lipinski definition) is 3. The number of halogens is 1. The summed E-state index contributed by atoms with van der Waals surface area (Å²) < 4.78 is 0.962. The number of carbonyl (C=O) groups excluding carboxylic acids is 2. The van der Waals surface area contributed by atoms with Gasteiger partial charge in [0.2, 0.25) is 5.91 Å². The molecule has 3 aromatic rings. The summed E-state index contributed by atoms with van der Waals surface area (Å²) in [5, 5.41) is 14.7. The second-order valence-electron chi connectivity index (χ2n) is 8.15. The molecule has 1 aliphatic rings. The van der Waals surface area contributed by atoms with Crippen molar-refractivity contribution in [3.63, 3.8) is 0 Å². The smallest absolute Gasteiger partial charge is 0.252 e. The van der Waals surface area contributed by atoms with Crippen LogP contribution in [0.2, 0.25) is 0 Å². The zero-order chi connectivity index (χ0) is 22.1. The number of nitrogens with zero attached hydrogens (tertiary/aromatic N) is 1. The molecular formula is C24H26BrN3O3. The van der Waals surface area contributed by atoms with Gasteiger partial charge in [0.1, 0.15) is 6.10 Å². The molecule has 1 aliphatic heterocycles. The number of nitrogens with one attached hydrogen (secondary N) is 2. The largest absolute Gasteiger partial charge is 0.382 e. The van der Waals surface area contributed by atoms with Crippen LogP contribution in [0.15, 0.2) is 53.0 Å². The fourth-order valence-corrected chi connectivity index (χ4v) is 4.37. The lowest BCUT2D eigenvalue weighted by molar-refractivity contribution is -0.148. The molecule has 0 saturated carbocycles. The molecule has 3 atom stereocenters. The maximum atomic E-state index is 12.9. The van der Waals surface area contributed by atoms with Crippen LogP contribution in [0.3, 0.4) is 0 Å². The molecule has 0 spiro atoms. The van der Waals surface area contributed by atoms with Crippen LogP contribution in [0.25, 0.3) is 10.9 Å². The molecule has 2 aromatic carbocycles. The Kier molecular flexibility index (Phi) is 6.16. The van der Waals surface area contributed by atoms with Gasteiger partial charge in [-0.1, -0.05) is 53.2 Å². The summed E-state index contributed by atoms with van der Waals surface area (Å²) >= 11 is 3.40. The van der Waals surface area contributed by atoms with Crippen molar-refractivity contribution in [2.75, 3.05) is 6.54 Å². The van der Waals surface area contributed by atoms with Crippen molar-refractivity contribution < 1.29 is 14.7 Å². The molecule has 3 N–H and O–H groups in total. The van der Waals surface area contributed by atoms with E-state index in [4.69, 9.17) is 0 Å². The van der Waals surface area contributed by atoms with E-state index in [1.165, 1.54) is 10.9 Å². The van der Waals surface area contributed by atoms with Gasteiger partial charge in [-0.15, -0.1) is 0 Å². The zero-order valence-corrected chi connectivity index (χ0v) is 19.1. The Labute approximate surface area is 189 Å². The summed E-state index contributed by atoms with van der Waals surface area (Å²) in [5.41, 5.74) is 4.22. The number of benzene rings is 2. The fraction of sp³-hybridized carbons (Fsp3) is 0.333. The highest BCUT2D eigenvalue weighted by molar-refractivity contribution is 9.10. The lowest BCUT2D eigenvalue weighted by Gasteiger charge is -2.30. The van der Waals surface area contributed by atoms with Gasteiger partial charge >= 0.3 is 0 Å². The van der Waals surface area contributed by atoms with E-state index >= 15 is 0 Å². The molecular weight excluding hydrogens is 458 g/mol. The van der Waals surface area contributed by atoms with E-state index in [2.05, 4.69) is 32.3 Å². The highest BCUT2D eigenvalue weighted by Crippen LogP contribution is 2.28. The summed E-state index contributed by atoms with van der Waals surface area (Å²) in [6.07, 6.45) is -0.665. The van der Waals surface area contributed by atoms with Gasteiger partial charge < -0.3 is 20.3 Å². The second-order valence-corrected chi connectivity index (χ2v) is 9.07. The molecule has 0 fully saturated rings. The van der Waals surface area contributed by atoms with Crippen molar-refractivity contribution in [2.45, 2.75) is 39.0 Å². The third-order valence-electron chi connectivity index (χ3n) is 6.06. The topological polar surface area (TPSA) is 85.4 Å². The van der Waals surface area contributed by atoms with Crippen LogP contribution in [-0.2, 0) is 22.6 Å². The molecule has 162 valence electrons. The Bertz CT molecular complexity index is 1110. The highest BCUT2D eigenvalue weighted by Gasteiger charge is 2.34.